The Morgan fingerprint density at radius 3 is 3.00 bits per heavy atom. The highest BCUT2D eigenvalue weighted by molar-refractivity contribution is 5.62. The number of ether oxygens (including phenoxy) is 1. The SMILES string of the molecule is CCOc1cc(C)nc(N2CCNCc3ccccc32)n1. The minimum absolute atomic E-state index is 0.605. The van der Waals surface area contributed by atoms with E-state index in [0.29, 0.717) is 18.4 Å². The Morgan fingerprint density at radius 2 is 2.14 bits per heavy atom. The van der Waals surface area contributed by atoms with Crippen molar-refractivity contribution in [1.29, 1.82) is 0 Å². The van der Waals surface area contributed by atoms with Crippen molar-refractivity contribution in [3.8, 4) is 5.88 Å². The summed E-state index contributed by atoms with van der Waals surface area (Å²) in [5, 5.41) is 3.43. The van der Waals surface area contributed by atoms with Crippen molar-refractivity contribution in [3.05, 3.63) is 41.6 Å². The zero-order valence-electron chi connectivity index (χ0n) is 12.5. The van der Waals surface area contributed by atoms with Gasteiger partial charge in [0.1, 0.15) is 0 Å². The summed E-state index contributed by atoms with van der Waals surface area (Å²) in [4.78, 5) is 11.3. The van der Waals surface area contributed by atoms with Gasteiger partial charge >= 0.3 is 0 Å². The van der Waals surface area contributed by atoms with Gasteiger partial charge in [0.05, 0.1) is 6.61 Å². The van der Waals surface area contributed by atoms with E-state index in [0.717, 1.165) is 31.0 Å². The maximum atomic E-state index is 5.54. The van der Waals surface area contributed by atoms with Crippen LogP contribution in [0.3, 0.4) is 0 Å². The molecule has 0 saturated heterocycles. The van der Waals surface area contributed by atoms with Crippen molar-refractivity contribution in [2.24, 2.45) is 0 Å². The lowest BCUT2D eigenvalue weighted by molar-refractivity contribution is 0.326. The van der Waals surface area contributed by atoms with Crippen LogP contribution >= 0.6 is 0 Å². The van der Waals surface area contributed by atoms with E-state index in [1.807, 2.05) is 19.9 Å². The first-order chi connectivity index (χ1) is 10.3. The van der Waals surface area contributed by atoms with Crippen LogP contribution in [0.5, 0.6) is 5.88 Å². The average Bonchev–Trinajstić information content (AvgIpc) is 2.69. The first-order valence-corrected chi connectivity index (χ1v) is 7.32. The highest BCUT2D eigenvalue weighted by Crippen LogP contribution is 2.28. The molecule has 5 nitrogen and oxygen atoms in total. The summed E-state index contributed by atoms with van der Waals surface area (Å²) in [5.74, 6) is 1.34. The number of para-hydroxylation sites is 1. The summed E-state index contributed by atoms with van der Waals surface area (Å²) in [6.07, 6.45) is 0. The molecular formula is C16H20N4O. The van der Waals surface area contributed by atoms with E-state index >= 15 is 0 Å². The van der Waals surface area contributed by atoms with E-state index in [9.17, 15) is 0 Å². The number of anilines is 2. The van der Waals surface area contributed by atoms with E-state index < -0.39 is 0 Å². The molecule has 5 heteroatoms. The molecule has 0 fully saturated rings. The highest BCUT2D eigenvalue weighted by Gasteiger charge is 2.19. The van der Waals surface area contributed by atoms with Crippen LogP contribution in [0.4, 0.5) is 11.6 Å². The van der Waals surface area contributed by atoms with E-state index in [1.54, 1.807) is 0 Å². The number of rotatable bonds is 3. The van der Waals surface area contributed by atoms with Gasteiger partial charge in [0, 0.05) is 37.1 Å². The van der Waals surface area contributed by atoms with Crippen molar-refractivity contribution in [3.63, 3.8) is 0 Å². The second-order valence-electron chi connectivity index (χ2n) is 5.04. The Morgan fingerprint density at radius 1 is 1.29 bits per heavy atom. The van der Waals surface area contributed by atoms with Gasteiger partial charge in [-0.2, -0.15) is 4.98 Å². The monoisotopic (exact) mass is 284 g/mol. The van der Waals surface area contributed by atoms with Crippen molar-refractivity contribution in [1.82, 2.24) is 15.3 Å². The van der Waals surface area contributed by atoms with Gasteiger partial charge in [-0.05, 0) is 25.5 Å². The highest BCUT2D eigenvalue weighted by atomic mass is 16.5. The molecule has 21 heavy (non-hydrogen) atoms. The van der Waals surface area contributed by atoms with Crippen LogP contribution in [-0.4, -0.2) is 29.7 Å². The Balaban J connectivity index is 2.03. The number of benzene rings is 1. The summed E-state index contributed by atoms with van der Waals surface area (Å²) in [5.41, 5.74) is 3.34. The van der Waals surface area contributed by atoms with E-state index in [1.165, 1.54) is 5.56 Å². The molecule has 1 N–H and O–H groups in total. The zero-order valence-corrected chi connectivity index (χ0v) is 12.5. The molecule has 0 aliphatic carbocycles. The van der Waals surface area contributed by atoms with Crippen LogP contribution in [0, 0.1) is 6.92 Å². The van der Waals surface area contributed by atoms with Gasteiger partial charge in [-0.1, -0.05) is 18.2 Å². The number of fused-ring (bicyclic) bond motifs is 1. The fourth-order valence-electron chi connectivity index (χ4n) is 2.53. The maximum absolute atomic E-state index is 5.54. The summed E-state index contributed by atoms with van der Waals surface area (Å²) >= 11 is 0. The number of nitrogens with zero attached hydrogens (tertiary/aromatic N) is 3. The van der Waals surface area contributed by atoms with Crippen molar-refractivity contribution in [2.45, 2.75) is 20.4 Å². The van der Waals surface area contributed by atoms with Crippen LogP contribution in [-0.2, 0) is 6.54 Å². The lowest BCUT2D eigenvalue weighted by Gasteiger charge is -2.23. The van der Waals surface area contributed by atoms with Crippen LogP contribution in [0.25, 0.3) is 0 Å². The molecule has 1 aliphatic heterocycles. The van der Waals surface area contributed by atoms with Crippen LogP contribution < -0.4 is 15.0 Å². The number of hydrogen-bond acceptors (Lipinski definition) is 5. The standard InChI is InChI=1S/C16H20N4O/c1-3-21-15-10-12(2)18-16(19-15)20-9-8-17-11-13-6-4-5-7-14(13)20/h4-7,10,17H,3,8-9,11H2,1-2H3. The molecular weight excluding hydrogens is 264 g/mol. The predicted molar refractivity (Wildman–Crippen MR) is 83.1 cm³/mol. The summed E-state index contributed by atoms with van der Waals surface area (Å²) in [6, 6.07) is 10.2. The molecule has 0 unspecified atom stereocenters. The summed E-state index contributed by atoms with van der Waals surface area (Å²) < 4.78 is 5.54. The minimum Gasteiger partial charge on any atom is -0.478 e. The molecule has 1 aliphatic rings. The number of aromatic nitrogens is 2. The Bertz CT molecular complexity index is 629. The number of aryl methyl sites for hydroxylation is 1. The molecule has 0 saturated carbocycles. The predicted octanol–water partition coefficient (Wildman–Crippen LogP) is 2.43. The third kappa shape index (κ3) is 2.97. The Hall–Kier alpha value is -2.14. The van der Waals surface area contributed by atoms with Crippen molar-refractivity contribution >= 4 is 11.6 Å². The van der Waals surface area contributed by atoms with E-state index in [4.69, 9.17) is 4.74 Å². The van der Waals surface area contributed by atoms with Crippen molar-refractivity contribution in [2.75, 3.05) is 24.6 Å². The zero-order chi connectivity index (χ0) is 14.7. The topological polar surface area (TPSA) is 50.3 Å². The fourth-order valence-corrected chi connectivity index (χ4v) is 2.53. The largest absolute Gasteiger partial charge is 0.478 e. The average molecular weight is 284 g/mol. The van der Waals surface area contributed by atoms with Crippen LogP contribution in [0.2, 0.25) is 0 Å². The molecule has 0 radical (unpaired) electrons. The van der Waals surface area contributed by atoms with Gasteiger partial charge in [0.2, 0.25) is 11.8 Å². The Kier molecular flexibility index (Phi) is 4.01. The molecule has 0 amide bonds. The van der Waals surface area contributed by atoms with Gasteiger partial charge < -0.3 is 15.0 Å². The molecule has 2 aromatic rings. The van der Waals surface area contributed by atoms with Gasteiger partial charge in [-0.25, -0.2) is 4.98 Å². The second-order valence-corrected chi connectivity index (χ2v) is 5.04. The van der Waals surface area contributed by atoms with Gasteiger partial charge in [0.15, 0.2) is 0 Å². The van der Waals surface area contributed by atoms with Crippen molar-refractivity contribution < 1.29 is 4.74 Å². The van der Waals surface area contributed by atoms with Crippen LogP contribution in [0.1, 0.15) is 18.2 Å². The first kappa shape index (κ1) is 13.8. The lowest BCUT2D eigenvalue weighted by atomic mass is 10.1. The first-order valence-electron chi connectivity index (χ1n) is 7.32. The molecule has 0 atom stereocenters. The third-order valence-electron chi connectivity index (χ3n) is 3.46. The molecule has 1 aromatic carbocycles. The third-order valence-corrected chi connectivity index (χ3v) is 3.46. The molecule has 110 valence electrons. The fraction of sp³-hybridized carbons (Fsp3) is 0.375. The lowest BCUT2D eigenvalue weighted by Crippen LogP contribution is -2.26. The quantitative estimate of drug-likeness (QED) is 0.938. The summed E-state index contributed by atoms with van der Waals surface area (Å²) in [7, 11) is 0. The molecule has 0 bridgehead atoms. The van der Waals surface area contributed by atoms with Gasteiger partial charge in [-0.15, -0.1) is 0 Å². The van der Waals surface area contributed by atoms with Gasteiger partial charge in [-0.3, -0.25) is 0 Å². The molecule has 0 spiro atoms. The van der Waals surface area contributed by atoms with E-state index in [-0.39, 0.29) is 0 Å². The summed E-state index contributed by atoms with van der Waals surface area (Å²) in [6.45, 7) is 7.14. The molecule has 2 heterocycles. The maximum Gasteiger partial charge on any atom is 0.233 e. The smallest absolute Gasteiger partial charge is 0.233 e. The molecule has 3 rings (SSSR count). The molecule has 1 aromatic heterocycles. The van der Waals surface area contributed by atoms with E-state index in [2.05, 4.69) is 44.5 Å². The second kappa shape index (κ2) is 6.10. The van der Waals surface area contributed by atoms with Crippen LogP contribution in [0.15, 0.2) is 30.3 Å². The number of hydrogen-bond donors (Lipinski definition) is 1. The normalized spacial score (nSPS) is 14.5. The van der Waals surface area contributed by atoms with Gasteiger partial charge in [0.25, 0.3) is 0 Å². The Labute approximate surface area is 125 Å². The number of nitrogens with one attached hydrogen (secondary N) is 1. The minimum atomic E-state index is 0.605.